The van der Waals surface area contributed by atoms with E-state index < -0.39 is 0 Å². The van der Waals surface area contributed by atoms with E-state index in [0.717, 1.165) is 24.9 Å². The van der Waals surface area contributed by atoms with Crippen LogP contribution in [0.15, 0.2) is 16.8 Å². The molecule has 3 heteroatoms. The summed E-state index contributed by atoms with van der Waals surface area (Å²) in [5, 5.41) is 4.40. The van der Waals surface area contributed by atoms with E-state index in [2.05, 4.69) is 49.4 Å². The van der Waals surface area contributed by atoms with Crippen molar-refractivity contribution >= 4 is 11.3 Å². The Labute approximate surface area is 123 Å². The molecular weight excluding hydrogens is 252 g/mol. The van der Waals surface area contributed by atoms with Crippen molar-refractivity contribution in [2.24, 2.45) is 17.6 Å². The molecule has 2 nitrogen and oxygen atoms in total. The van der Waals surface area contributed by atoms with Crippen LogP contribution in [0, 0.1) is 11.8 Å². The number of thiophene rings is 1. The summed E-state index contributed by atoms with van der Waals surface area (Å²) < 4.78 is 0. The second-order valence-corrected chi connectivity index (χ2v) is 6.99. The predicted octanol–water partition coefficient (Wildman–Crippen LogP) is 4.14. The molecule has 1 rings (SSSR count). The van der Waals surface area contributed by atoms with Crippen molar-refractivity contribution in [3.8, 4) is 0 Å². The Morgan fingerprint density at radius 2 is 1.68 bits per heavy atom. The van der Waals surface area contributed by atoms with E-state index in [1.54, 1.807) is 11.3 Å². The lowest BCUT2D eigenvalue weighted by Gasteiger charge is -2.32. The van der Waals surface area contributed by atoms with Gasteiger partial charge in [-0.2, -0.15) is 11.3 Å². The summed E-state index contributed by atoms with van der Waals surface area (Å²) in [7, 11) is 0. The third kappa shape index (κ3) is 6.07. The zero-order valence-electron chi connectivity index (χ0n) is 12.9. The monoisotopic (exact) mass is 282 g/mol. The molecule has 0 aromatic carbocycles. The third-order valence-electron chi connectivity index (χ3n) is 3.58. The predicted molar refractivity (Wildman–Crippen MR) is 86.6 cm³/mol. The van der Waals surface area contributed by atoms with Gasteiger partial charge < -0.3 is 5.73 Å². The van der Waals surface area contributed by atoms with E-state index >= 15 is 0 Å². The van der Waals surface area contributed by atoms with E-state index in [0.29, 0.717) is 12.6 Å². The Hall–Kier alpha value is -0.380. The summed E-state index contributed by atoms with van der Waals surface area (Å²) in [4.78, 5) is 2.59. The summed E-state index contributed by atoms with van der Waals surface area (Å²) in [5.41, 5.74) is 7.43. The van der Waals surface area contributed by atoms with Gasteiger partial charge in [-0.3, -0.25) is 4.90 Å². The first-order valence-corrected chi connectivity index (χ1v) is 8.45. The van der Waals surface area contributed by atoms with Gasteiger partial charge in [0.05, 0.1) is 0 Å². The van der Waals surface area contributed by atoms with Gasteiger partial charge in [0.1, 0.15) is 0 Å². The van der Waals surface area contributed by atoms with Gasteiger partial charge in [0.25, 0.3) is 0 Å². The zero-order chi connectivity index (χ0) is 14.3. The van der Waals surface area contributed by atoms with E-state index in [1.807, 2.05) is 0 Å². The van der Waals surface area contributed by atoms with Crippen molar-refractivity contribution in [1.82, 2.24) is 4.90 Å². The highest BCUT2D eigenvalue weighted by Crippen LogP contribution is 2.24. The average Bonchev–Trinajstić information content (AvgIpc) is 2.85. The van der Waals surface area contributed by atoms with Crippen molar-refractivity contribution in [2.75, 3.05) is 19.6 Å². The normalized spacial score (nSPS) is 13.7. The molecule has 0 aliphatic carbocycles. The molecular formula is C16H30N2S. The summed E-state index contributed by atoms with van der Waals surface area (Å²) in [6.45, 7) is 12.2. The minimum atomic E-state index is 0.392. The Morgan fingerprint density at radius 3 is 2.05 bits per heavy atom. The molecule has 0 saturated carbocycles. The van der Waals surface area contributed by atoms with Gasteiger partial charge in [0.15, 0.2) is 0 Å². The molecule has 0 amide bonds. The standard InChI is InChI=1S/C16H30N2S/c1-13(2)5-8-18(9-6-14(3)4)16(11-17)15-7-10-19-12-15/h7,10,12-14,16H,5-6,8-9,11,17H2,1-4H3. The maximum Gasteiger partial charge on any atom is 0.0478 e. The molecule has 2 N–H and O–H groups in total. The molecule has 0 bridgehead atoms. The van der Waals surface area contributed by atoms with E-state index in [1.165, 1.54) is 18.4 Å². The lowest BCUT2D eigenvalue weighted by Crippen LogP contribution is -2.36. The molecule has 0 fully saturated rings. The van der Waals surface area contributed by atoms with Gasteiger partial charge >= 0.3 is 0 Å². The molecule has 19 heavy (non-hydrogen) atoms. The van der Waals surface area contributed by atoms with Crippen LogP contribution < -0.4 is 5.73 Å². The van der Waals surface area contributed by atoms with Gasteiger partial charge in [-0.15, -0.1) is 0 Å². The lowest BCUT2D eigenvalue weighted by atomic mass is 10.0. The number of nitrogens with two attached hydrogens (primary N) is 1. The molecule has 1 atom stereocenters. The maximum atomic E-state index is 6.04. The highest BCUT2D eigenvalue weighted by molar-refractivity contribution is 7.07. The number of hydrogen-bond donors (Lipinski definition) is 1. The second kappa shape index (κ2) is 8.72. The Bertz CT molecular complexity index is 307. The molecule has 0 radical (unpaired) electrons. The molecule has 0 spiro atoms. The minimum Gasteiger partial charge on any atom is -0.329 e. The van der Waals surface area contributed by atoms with Crippen molar-refractivity contribution < 1.29 is 0 Å². The van der Waals surface area contributed by atoms with E-state index in [4.69, 9.17) is 5.73 Å². The third-order valence-corrected chi connectivity index (χ3v) is 4.28. The Balaban J connectivity index is 2.68. The minimum absolute atomic E-state index is 0.392. The van der Waals surface area contributed by atoms with Gasteiger partial charge in [-0.05, 0) is 60.2 Å². The van der Waals surface area contributed by atoms with Crippen LogP contribution >= 0.6 is 11.3 Å². The fourth-order valence-corrected chi connectivity index (χ4v) is 2.94. The summed E-state index contributed by atoms with van der Waals surface area (Å²) in [5.74, 6) is 1.50. The van der Waals surface area contributed by atoms with Gasteiger partial charge in [-0.1, -0.05) is 27.7 Å². The lowest BCUT2D eigenvalue weighted by molar-refractivity contribution is 0.181. The molecule has 1 aromatic heterocycles. The molecule has 0 aliphatic heterocycles. The quantitative estimate of drug-likeness (QED) is 0.737. The largest absolute Gasteiger partial charge is 0.329 e. The van der Waals surface area contributed by atoms with Gasteiger partial charge in [-0.25, -0.2) is 0 Å². The van der Waals surface area contributed by atoms with Gasteiger partial charge in [0.2, 0.25) is 0 Å². The average molecular weight is 282 g/mol. The first kappa shape index (κ1) is 16.7. The highest BCUT2D eigenvalue weighted by atomic mass is 32.1. The fraction of sp³-hybridized carbons (Fsp3) is 0.750. The van der Waals surface area contributed by atoms with Crippen LogP contribution in [-0.2, 0) is 0 Å². The number of hydrogen-bond acceptors (Lipinski definition) is 3. The van der Waals surface area contributed by atoms with Crippen molar-refractivity contribution in [2.45, 2.75) is 46.6 Å². The Morgan fingerprint density at radius 1 is 1.11 bits per heavy atom. The molecule has 1 aromatic rings. The number of nitrogens with zero attached hydrogens (tertiary/aromatic N) is 1. The molecule has 1 unspecified atom stereocenters. The smallest absolute Gasteiger partial charge is 0.0478 e. The summed E-state index contributed by atoms with van der Waals surface area (Å²) in [6, 6.07) is 2.61. The zero-order valence-corrected chi connectivity index (χ0v) is 13.7. The number of rotatable bonds is 9. The fourth-order valence-electron chi connectivity index (χ4n) is 2.23. The van der Waals surface area contributed by atoms with Crippen molar-refractivity contribution in [3.05, 3.63) is 22.4 Å². The Kier molecular flexibility index (Phi) is 7.66. The van der Waals surface area contributed by atoms with Crippen LogP contribution in [0.25, 0.3) is 0 Å². The SMILES string of the molecule is CC(C)CCN(CCC(C)C)C(CN)c1ccsc1. The van der Waals surface area contributed by atoms with Crippen molar-refractivity contribution in [3.63, 3.8) is 0 Å². The van der Waals surface area contributed by atoms with E-state index in [9.17, 15) is 0 Å². The summed E-state index contributed by atoms with van der Waals surface area (Å²) >= 11 is 1.77. The van der Waals surface area contributed by atoms with Crippen LogP contribution in [-0.4, -0.2) is 24.5 Å². The van der Waals surface area contributed by atoms with Crippen LogP contribution in [0.2, 0.25) is 0 Å². The van der Waals surface area contributed by atoms with Crippen LogP contribution in [0.3, 0.4) is 0 Å². The maximum absolute atomic E-state index is 6.04. The first-order valence-electron chi connectivity index (χ1n) is 7.50. The van der Waals surface area contributed by atoms with Crippen molar-refractivity contribution in [1.29, 1.82) is 0 Å². The molecule has 0 saturated heterocycles. The first-order chi connectivity index (χ1) is 9.04. The summed E-state index contributed by atoms with van der Waals surface area (Å²) in [6.07, 6.45) is 2.50. The molecule has 110 valence electrons. The highest BCUT2D eigenvalue weighted by Gasteiger charge is 2.19. The molecule has 1 heterocycles. The van der Waals surface area contributed by atoms with Crippen LogP contribution in [0.4, 0.5) is 0 Å². The van der Waals surface area contributed by atoms with Gasteiger partial charge in [0, 0.05) is 12.6 Å². The van der Waals surface area contributed by atoms with Crippen LogP contribution in [0.5, 0.6) is 0 Å². The topological polar surface area (TPSA) is 29.3 Å². The van der Waals surface area contributed by atoms with E-state index in [-0.39, 0.29) is 0 Å². The van der Waals surface area contributed by atoms with Crippen LogP contribution in [0.1, 0.15) is 52.1 Å². The second-order valence-electron chi connectivity index (χ2n) is 6.21. The molecule has 0 aliphatic rings.